The van der Waals surface area contributed by atoms with Gasteiger partial charge in [-0.15, -0.1) is 0 Å². The maximum absolute atomic E-state index is 14.8. The maximum Gasteiger partial charge on any atom is 0.416 e. The Hall–Kier alpha value is -11.6. The zero-order valence-electron chi connectivity index (χ0n) is 56.2. The minimum Gasteiger partial charge on any atom is -0.310 e. The third-order valence-corrected chi connectivity index (χ3v) is 17.3. The van der Waals surface area contributed by atoms with Crippen molar-refractivity contribution < 1.29 is 158 Å². The van der Waals surface area contributed by atoms with E-state index in [1.807, 2.05) is 0 Å². The number of halogens is 36. The fourth-order valence-corrected chi connectivity index (χ4v) is 12.1. The van der Waals surface area contributed by atoms with Gasteiger partial charge in [-0.1, -0.05) is 0 Å². The molecule has 610 valence electrons. The summed E-state index contributed by atoms with van der Waals surface area (Å²) in [5.74, 6) is 0. The highest BCUT2D eigenvalue weighted by Gasteiger charge is 2.45. The molecule has 0 aliphatic rings. The number of anilines is 6. The van der Waals surface area contributed by atoms with Crippen molar-refractivity contribution in [3.8, 4) is 66.8 Å². The fraction of sp³-hybridized carbons (Fsp3) is 0.156. The quantitative estimate of drug-likeness (QED) is 0.114. The number of benzene rings is 10. The van der Waals surface area contributed by atoms with Gasteiger partial charge in [0.2, 0.25) is 0 Å². The van der Waals surface area contributed by atoms with Crippen LogP contribution in [0.2, 0.25) is 0 Å². The molecule has 0 N–H and O–H groups in total. The molecule has 0 bridgehead atoms. The van der Waals surface area contributed by atoms with E-state index >= 15 is 0 Å². The molecule has 10 aromatic carbocycles. The van der Waals surface area contributed by atoms with Crippen molar-refractivity contribution in [1.82, 2.24) is 4.98 Å². The van der Waals surface area contributed by atoms with E-state index < -0.39 is 266 Å². The number of hydrogen-bond donors (Lipinski definition) is 0. The molecular formula is C77H35F36N3. The predicted molar refractivity (Wildman–Crippen MR) is 346 cm³/mol. The lowest BCUT2D eigenvalue weighted by molar-refractivity contribution is -0.144. The average Bonchev–Trinajstić information content (AvgIpc) is 0.756. The molecule has 0 saturated heterocycles. The van der Waals surface area contributed by atoms with E-state index in [-0.39, 0.29) is 84.9 Å². The summed E-state index contributed by atoms with van der Waals surface area (Å²) in [4.78, 5) is 5.19. The molecule has 0 aliphatic carbocycles. The third kappa shape index (κ3) is 19.2. The lowest BCUT2D eigenvalue weighted by Gasteiger charge is -2.30. The van der Waals surface area contributed by atoms with Crippen LogP contribution in [0.25, 0.3) is 66.8 Å². The SMILES string of the molecule is FC(F)(F)c1cc(-c2cc(-c3cc(C(F)(F)F)cc(C(F)(F)F)c3)cc(N(c3ccc(N(c4cc(-c5cc(C(F)(F)F)cc(C(F)(F)F)c5)cc(-c5cc(C(F)(F)F)cc(C(F)(F)F)c5)c4)c4cc(-c5cc(C(F)(F)F)cc(C(F)(F)F)c5)cc(-c5cc(C(F)(F)F)cc(C(F)(F)F)c5)c4)cc3)c3cccnc3)c2)cc(C(F)(F)F)c1. The van der Waals surface area contributed by atoms with E-state index in [2.05, 4.69) is 4.98 Å². The predicted octanol–water partition coefficient (Wildman–Crippen LogP) is 30.2. The smallest absolute Gasteiger partial charge is 0.310 e. The van der Waals surface area contributed by atoms with Gasteiger partial charge < -0.3 is 9.80 Å². The van der Waals surface area contributed by atoms with Gasteiger partial charge in [-0.05, 0) is 267 Å². The Labute approximate surface area is 625 Å². The molecule has 0 unspecified atom stereocenters. The largest absolute Gasteiger partial charge is 0.416 e. The third-order valence-electron chi connectivity index (χ3n) is 17.3. The summed E-state index contributed by atoms with van der Waals surface area (Å²) >= 11 is 0. The van der Waals surface area contributed by atoms with Crippen LogP contribution >= 0.6 is 0 Å². The van der Waals surface area contributed by atoms with Crippen molar-refractivity contribution in [2.75, 3.05) is 9.80 Å². The van der Waals surface area contributed by atoms with Crippen LogP contribution in [0.1, 0.15) is 66.8 Å². The van der Waals surface area contributed by atoms with Gasteiger partial charge in [-0.25, -0.2) is 0 Å². The summed E-state index contributed by atoms with van der Waals surface area (Å²) in [6.45, 7) is 0. The van der Waals surface area contributed by atoms with E-state index in [1.54, 1.807) is 0 Å². The van der Waals surface area contributed by atoms with E-state index in [1.165, 1.54) is 0 Å². The van der Waals surface area contributed by atoms with Crippen LogP contribution in [0.3, 0.4) is 0 Å². The van der Waals surface area contributed by atoms with Crippen LogP contribution in [-0.4, -0.2) is 4.98 Å². The highest BCUT2D eigenvalue weighted by molar-refractivity contribution is 5.91. The number of pyridine rings is 1. The normalized spacial score (nSPS) is 13.3. The van der Waals surface area contributed by atoms with Crippen LogP contribution < -0.4 is 9.80 Å². The summed E-state index contributed by atoms with van der Waals surface area (Å²) in [5, 5.41) is 0. The second-order valence-electron chi connectivity index (χ2n) is 25.5. The van der Waals surface area contributed by atoms with Crippen molar-refractivity contribution in [2.45, 2.75) is 74.1 Å². The Morgan fingerprint density at radius 3 is 0.440 bits per heavy atom. The second kappa shape index (κ2) is 29.3. The number of hydrogen-bond acceptors (Lipinski definition) is 3. The molecule has 3 nitrogen and oxygen atoms in total. The second-order valence-corrected chi connectivity index (χ2v) is 25.5. The summed E-state index contributed by atoms with van der Waals surface area (Å²) in [6.07, 6.45) is -67.3. The van der Waals surface area contributed by atoms with Crippen LogP contribution in [-0.2, 0) is 74.1 Å². The Kier molecular flexibility index (Phi) is 21.6. The highest BCUT2D eigenvalue weighted by Crippen LogP contribution is 2.52. The summed E-state index contributed by atoms with van der Waals surface area (Å²) in [5.41, 5.74) is -44.6. The molecule has 0 amide bonds. The molecule has 0 fully saturated rings. The summed E-state index contributed by atoms with van der Waals surface area (Å²) in [6, 6.07) is 6.54. The standard InChI is InChI=1S/C77H35F36N3/c78-66(79,80)48-11-42(12-49(29-48)67(81,82)83)36-8-37(43-13-50(68(84,85)86)30-51(14-43)69(87,88)89)24-63(23-36)115(62-2-1-7-114-35-62)60-3-5-61(6-4-60)116(64-25-38(44-15-52(70(90,91)92)31-53(16-44)71(93,94)95)9-39(26-64)45-17-54(72(96,97)98)32-55(18-45)73(99,100)101)65-27-40(46-19-56(74(102,103)104)33-57(20-46)75(105,106)107)10-41(28-65)47-21-58(76(108,109)110)34-59(22-47)77(111,112)113/h1-35H. The van der Waals surface area contributed by atoms with Gasteiger partial charge in [0.05, 0.1) is 78.6 Å². The van der Waals surface area contributed by atoms with E-state index in [4.69, 9.17) is 0 Å². The van der Waals surface area contributed by atoms with Crippen molar-refractivity contribution in [3.05, 3.63) is 279 Å². The first-order chi connectivity index (χ1) is 53.0. The van der Waals surface area contributed by atoms with Crippen LogP contribution in [0.5, 0.6) is 0 Å². The fourth-order valence-electron chi connectivity index (χ4n) is 12.1. The molecule has 0 aliphatic heterocycles. The molecule has 1 heterocycles. The van der Waals surface area contributed by atoms with Gasteiger partial charge in [-0.2, -0.15) is 158 Å². The summed E-state index contributed by atoms with van der Waals surface area (Å²) in [7, 11) is 0. The summed E-state index contributed by atoms with van der Waals surface area (Å²) < 4.78 is 530. The van der Waals surface area contributed by atoms with Gasteiger partial charge >= 0.3 is 74.1 Å². The van der Waals surface area contributed by atoms with Crippen molar-refractivity contribution in [3.63, 3.8) is 0 Å². The van der Waals surface area contributed by atoms with Gasteiger partial charge in [-0.3, -0.25) is 4.98 Å². The highest BCUT2D eigenvalue weighted by atomic mass is 19.5. The number of aromatic nitrogens is 1. The van der Waals surface area contributed by atoms with E-state index in [9.17, 15) is 158 Å². The molecule has 0 atom stereocenters. The average molecular weight is 1690 g/mol. The van der Waals surface area contributed by atoms with Crippen LogP contribution in [0.15, 0.2) is 213 Å². The van der Waals surface area contributed by atoms with Crippen LogP contribution in [0.4, 0.5) is 192 Å². The van der Waals surface area contributed by atoms with Gasteiger partial charge in [0.15, 0.2) is 0 Å². The minimum atomic E-state index is -5.81. The molecule has 0 spiro atoms. The van der Waals surface area contributed by atoms with Crippen molar-refractivity contribution >= 4 is 34.1 Å². The Bertz CT molecular complexity index is 4850. The lowest BCUT2D eigenvalue weighted by atomic mass is 9.92. The Balaban J connectivity index is 1.30. The molecular weight excluding hydrogens is 1650 g/mol. The molecule has 116 heavy (non-hydrogen) atoms. The monoisotopic (exact) mass is 1690 g/mol. The zero-order chi connectivity index (χ0) is 85.9. The van der Waals surface area contributed by atoms with Gasteiger partial charge in [0.1, 0.15) is 0 Å². The number of nitrogens with zero attached hydrogens (tertiary/aromatic N) is 3. The topological polar surface area (TPSA) is 19.4 Å². The van der Waals surface area contributed by atoms with Gasteiger partial charge in [0.25, 0.3) is 0 Å². The molecule has 0 radical (unpaired) electrons. The number of alkyl halides is 36. The Morgan fingerprint density at radius 1 is 0.155 bits per heavy atom. The number of rotatable bonds is 12. The maximum atomic E-state index is 14.8. The first kappa shape index (κ1) is 85.3. The molecule has 39 heteroatoms. The zero-order valence-corrected chi connectivity index (χ0v) is 56.2. The first-order valence-electron chi connectivity index (χ1n) is 31.8. The molecule has 1 aromatic heterocycles. The molecule has 11 rings (SSSR count). The van der Waals surface area contributed by atoms with Crippen molar-refractivity contribution in [1.29, 1.82) is 0 Å². The minimum absolute atomic E-state index is 0.0685. The molecule has 0 saturated carbocycles. The van der Waals surface area contributed by atoms with Gasteiger partial charge in [0, 0.05) is 34.6 Å². The Morgan fingerprint density at radius 2 is 0.302 bits per heavy atom. The lowest BCUT2D eigenvalue weighted by Crippen LogP contribution is -2.14. The first-order valence-corrected chi connectivity index (χ1v) is 31.8. The molecule has 11 aromatic rings. The van der Waals surface area contributed by atoms with Crippen LogP contribution in [0, 0.1) is 0 Å². The van der Waals surface area contributed by atoms with E-state index in [0.717, 1.165) is 41.6 Å². The van der Waals surface area contributed by atoms with Crippen molar-refractivity contribution in [2.24, 2.45) is 0 Å². The van der Waals surface area contributed by atoms with E-state index in [0.29, 0.717) is 71.6 Å².